The molecule has 0 aliphatic rings. The molecule has 0 amide bonds. The molecule has 0 N–H and O–H groups in total. The third-order valence-electron chi connectivity index (χ3n) is 2.17. The van der Waals surface area contributed by atoms with Gasteiger partial charge in [0.1, 0.15) is 17.1 Å². The van der Waals surface area contributed by atoms with Crippen LogP contribution in [0.1, 0.15) is 11.4 Å². The fraction of sp³-hybridized carbons (Fsp3) is 0.667. The lowest BCUT2D eigenvalue weighted by Gasteiger charge is -2.14. The van der Waals surface area contributed by atoms with E-state index in [2.05, 4.69) is 21.0 Å². The third-order valence-corrected chi connectivity index (χ3v) is 2.96. The van der Waals surface area contributed by atoms with Gasteiger partial charge in [0.2, 0.25) is 0 Å². The van der Waals surface area contributed by atoms with Crippen LogP contribution in [-0.2, 0) is 7.05 Å². The molecular weight excluding hydrogens is 289 g/mol. The molecule has 1 rings (SSSR count). The number of nitrogens with zero attached hydrogens (tertiary/aromatic N) is 2. The van der Waals surface area contributed by atoms with E-state index < -0.39 is 17.6 Å². The SMILES string of the molecule is Cc1nn(C)c(C)c1OCC(Br)C(F)(F)F. The first kappa shape index (κ1) is 13.3. The number of hydrogen-bond acceptors (Lipinski definition) is 2. The van der Waals surface area contributed by atoms with Crippen molar-refractivity contribution in [1.82, 2.24) is 9.78 Å². The smallest absolute Gasteiger partial charge is 0.404 e. The maximum absolute atomic E-state index is 12.2. The van der Waals surface area contributed by atoms with Gasteiger partial charge in [0.05, 0.1) is 5.69 Å². The minimum absolute atomic E-state index is 0.413. The lowest BCUT2D eigenvalue weighted by Crippen LogP contribution is -2.29. The number of aryl methyl sites for hydroxylation is 2. The van der Waals surface area contributed by atoms with Gasteiger partial charge in [0, 0.05) is 7.05 Å². The minimum atomic E-state index is -4.30. The van der Waals surface area contributed by atoms with Crippen molar-refractivity contribution in [2.75, 3.05) is 6.61 Å². The van der Waals surface area contributed by atoms with E-state index in [0.717, 1.165) is 0 Å². The summed E-state index contributed by atoms with van der Waals surface area (Å²) in [7, 11) is 1.71. The Balaban J connectivity index is 2.68. The first-order chi connectivity index (χ1) is 7.23. The lowest BCUT2D eigenvalue weighted by atomic mass is 10.3. The molecular formula is C9H12BrF3N2O. The molecule has 0 aliphatic heterocycles. The van der Waals surface area contributed by atoms with Crippen LogP contribution in [0.25, 0.3) is 0 Å². The molecule has 0 saturated heterocycles. The predicted octanol–water partition coefficient (Wildman–Crippen LogP) is 2.74. The first-order valence-electron chi connectivity index (χ1n) is 4.57. The summed E-state index contributed by atoms with van der Waals surface area (Å²) in [5.41, 5.74) is 1.29. The maximum atomic E-state index is 12.2. The number of ether oxygens (including phenoxy) is 1. The topological polar surface area (TPSA) is 27.1 Å². The molecule has 3 nitrogen and oxygen atoms in total. The standard InChI is InChI=1S/C9H12BrF3N2O/c1-5-8(6(2)15(3)14-5)16-4-7(10)9(11,12)13/h7H,4H2,1-3H3. The van der Waals surface area contributed by atoms with Crippen LogP contribution in [0.3, 0.4) is 0 Å². The molecule has 7 heteroatoms. The van der Waals surface area contributed by atoms with E-state index in [1.807, 2.05) is 0 Å². The molecule has 1 aromatic rings. The summed E-state index contributed by atoms with van der Waals surface area (Å²) in [5.74, 6) is 0.413. The van der Waals surface area contributed by atoms with Crippen molar-refractivity contribution in [1.29, 1.82) is 0 Å². The normalized spacial score (nSPS) is 13.9. The zero-order chi connectivity index (χ0) is 12.5. The largest absolute Gasteiger partial charge is 0.488 e. The second-order valence-corrected chi connectivity index (χ2v) is 4.55. The van der Waals surface area contributed by atoms with Crippen molar-refractivity contribution < 1.29 is 17.9 Å². The minimum Gasteiger partial charge on any atom is -0.488 e. The fourth-order valence-electron chi connectivity index (χ4n) is 1.21. The number of alkyl halides is 4. The molecule has 0 radical (unpaired) electrons. The van der Waals surface area contributed by atoms with E-state index >= 15 is 0 Å². The van der Waals surface area contributed by atoms with Crippen molar-refractivity contribution >= 4 is 15.9 Å². The summed E-state index contributed by atoms with van der Waals surface area (Å²) in [6.07, 6.45) is -4.30. The molecule has 0 spiro atoms. The van der Waals surface area contributed by atoms with Gasteiger partial charge in [-0.25, -0.2) is 0 Å². The Bertz CT molecular complexity index is 376. The third kappa shape index (κ3) is 2.90. The summed E-state index contributed by atoms with van der Waals surface area (Å²) in [6, 6.07) is 0. The Labute approximate surface area is 99.7 Å². The van der Waals surface area contributed by atoms with Crippen LogP contribution in [0.2, 0.25) is 0 Å². The summed E-state index contributed by atoms with van der Waals surface area (Å²) < 4.78 is 43.3. The fourth-order valence-corrected chi connectivity index (χ4v) is 1.35. The molecule has 0 bridgehead atoms. The van der Waals surface area contributed by atoms with Crippen LogP contribution in [0.5, 0.6) is 5.75 Å². The van der Waals surface area contributed by atoms with Crippen LogP contribution in [0, 0.1) is 13.8 Å². The Morgan fingerprint density at radius 1 is 1.44 bits per heavy atom. The van der Waals surface area contributed by atoms with Crippen LogP contribution >= 0.6 is 15.9 Å². The van der Waals surface area contributed by atoms with Crippen molar-refractivity contribution in [2.45, 2.75) is 24.9 Å². The summed E-state index contributed by atoms with van der Waals surface area (Å²) >= 11 is 2.53. The zero-order valence-corrected chi connectivity index (χ0v) is 10.7. The van der Waals surface area contributed by atoms with E-state index in [1.165, 1.54) is 0 Å². The monoisotopic (exact) mass is 300 g/mol. The molecule has 0 aromatic carbocycles. The molecule has 1 unspecified atom stereocenters. The van der Waals surface area contributed by atoms with Gasteiger partial charge >= 0.3 is 6.18 Å². The van der Waals surface area contributed by atoms with Gasteiger partial charge < -0.3 is 4.74 Å². The van der Waals surface area contributed by atoms with E-state index in [0.29, 0.717) is 17.1 Å². The van der Waals surface area contributed by atoms with Gasteiger partial charge in [-0.3, -0.25) is 4.68 Å². The Morgan fingerprint density at radius 2 is 2.00 bits per heavy atom. The number of hydrogen-bond donors (Lipinski definition) is 0. The van der Waals surface area contributed by atoms with Crippen LogP contribution in [0.15, 0.2) is 0 Å². The van der Waals surface area contributed by atoms with Gasteiger partial charge in [0.25, 0.3) is 0 Å². The van der Waals surface area contributed by atoms with Gasteiger partial charge in [-0.1, -0.05) is 15.9 Å². The Morgan fingerprint density at radius 3 is 2.38 bits per heavy atom. The van der Waals surface area contributed by atoms with Gasteiger partial charge in [0.15, 0.2) is 5.75 Å². The van der Waals surface area contributed by atoms with Crippen molar-refractivity contribution in [2.24, 2.45) is 7.05 Å². The second-order valence-electron chi connectivity index (χ2n) is 3.44. The highest BCUT2D eigenvalue weighted by Crippen LogP contribution is 2.28. The van der Waals surface area contributed by atoms with Gasteiger partial charge in [-0.2, -0.15) is 18.3 Å². The highest BCUT2D eigenvalue weighted by atomic mass is 79.9. The Hall–Kier alpha value is -0.720. The molecule has 92 valence electrons. The highest BCUT2D eigenvalue weighted by Gasteiger charge is 2.38. The highest BCUT2D eigenvalue weighted by molar-refractivity contribution is 9.09. The summed E-state index contributed by atoms with van der Waals surface area (Å²) in [4.78, 5) is -1.67. The van der Waals surface area contributed by atoms with E-state index in [4.69, 9.17) is 4.74 Å². The van der Waals surface area contributed by atoms with Crippen molar-refractivity contribution in [3.63, 3.8) is 0 Å². The van der Waals surface area contributed by atoms with Gasteiger partial charge in [-0.15, -0.1) is 0 Å². The van der Waals surface area contributed by atoms with Crippen LogP contribution < -0.4 is 4.74 Å². The van der Waals surface area contributed by atoms with E-state index in [-0.39, 0.29) is 0 Å². The molecule has 1 aromatic heterocycles. The van der Waals surface area contributed by atoms with E-state index in [9.17, 15) is 13.2 Å². The maximum Gasteiger partial charge on any atom is 0.404 e. The molecule has 0 saturated carbocycles. The quantitative estimate of drug-likeness (QED) is 0.803. The first-order valence-corrected chi connectivity index (χ1v) is 5.48. The number of aromatic nitrogens is 2. The van der Waals surface area contributed by atoms with Crippen LogP contribution in [-0.4, -0.2) is 27.4 Å². The summed E-state index contributed by atoms with van der Waals surface area (Å²) in [6.45, 7) is 2.97. The van der Waals surface area contributed by atoms with Crippen molar-refractivity contribution in [3.05, 3.63) is 11.4 Å². The average Bonchev–Trinajstić information content (AvgIpc) is 2.37. The number of rotatable bonds is 3. The predicted molar refractivity (Wildman–Crippen MR) is 56.9 cm³/mol. The lowest BCUT2D eigenvalue weighted by molar-refractivity contribution is -0.132. The number of halogens is 4. The Kier molecular flexibility index (Phi) is 3.88. The molecule has 1 atom stereocenters. The molecule has 0 aliphatic carbocycles. The average molecular weight is 301 g/mol. The summed E-state index contributed by atoms with van der Waals surface area (Å²) in [5, 5.41) is 4.05. The molecule has 1 heterocycles. The molecule has 16 heavy (non-hydrogen) atoms. The zero-order valence-electron chi connectivity index (χ0n) is 9.10. The van der Waals surface area contributed by atoms with Crippen LogP contribution in [0.4, 0.5) is 13.2 Å². The van der Waals surface area contributed by atoms with E-state index in [1.54, 1.807) is 25.6 Å². The molecule has 0 fully saturated rings. The van der Waals surface area contributed by atoms with Crippen molar-refractivity contribution in [3.8, 4) is 5.75 Å². The van der Waals surface area contributed by atoms with Gasteiger partial charge in [-0.05, 0) is 13.8 Å². The second kappa shape index (κ2) is 4.65.